The van der Waals surface area contributed by atoms with Crippen molar-refractivity contribution < 1.29 is 8.42 Å². The summed E-state index contributed by atoms with van der Waals surface area (Å²) in [4.78, 5) is 3.95. The van der Waals surface area contributed by atoms with E-state index in [-0.39, 0.29) is 16.5 Å². The van der Waals surface area contributed by atoms with Crippen LogP contribution < -0.4 is 4.72 Å². The lowest BCUT2D eigenvalue weighted by atomic mass is 9.86. The van der Waals surface area contributed by atoms with E-state index < -0.39 is 10.0 Å². The van der Waals surface area contributed by atoms with Crippen LogP contribution in [0.3, 0.4) is 0 Å². The summed E-state index contributed by atoms with van der Waals surface area (Å²) in [5.74, 6) is 0. The van der Waals surface area contributed by atoms with E-state index in [0.29, 0.717) is 6.54 Å². The first-order valence-corrected chi connectivity index (χ1v) is 8.91. The summed E-state index contributed by atoms with van der Waals surface area (Å²) in [7, 11) is -3.56. The molecule has 5 nitrogen and oxygen atoms in total. The second-order valence-corrected chi connectivity index (χ2v) is 8.01. The van der Waals surface area contributed by atoms with Crippen LogP contribution in [0.25, 0.3) is 0 Å². The number of aryl methyl sites for hydroxylation is 1. The Labute approximate surface area is 124 Å². The van der Waals surface area contributed by atoms with Crippen LogP contribution in [-0.2, 0) is 16.6 Å². The highest BCUT2D eigenvalue weighted by atomic mass is 79.9. The number of imidazole rings is 1. The normalized spacial score (nSPS) is 14.6. The summed E-state index contributed by atoms with van der Waals surface area (Å²) in [5.41, 5.74) is -0.145. The Hall–Kier alpha value is -0.400. The molecular weight excluding hydrogens is 330 g/mol. The minimum absolute atomic E-state index is 0.0816. The van der Waals surface area contributed by atoms with Crippen LogP contribution in [0.1, 0.15) is 34.1 Å². The molecule has 1 rings (SSSR count). The van der Waals surface area contributed by atoms with E-state index in [1.165, 1.54) is 6.33 Å². The Morgan fingerprint density at radius 1 is 1.47 bits per heavy atom. The Bertz CT molecular complexity index is 505. The molecule has 19 heavy (non-hydrogen) atoms. The quantitative estimate of drug-likeness (QED) is 0.800. The molecule has 1 heterocycles. The Balaban J connectivity index is 2.94. The predicted octanol–water partition coefficient (Wildman–Crippen LogP) is 2.38. The number of nitrogens with zero attached hydrogens (tertiary/aromatic N) is 2. The van der Waals surface area contributed by atoms with Crippen molar-refractivity contribution >= 4 is 26.0 Å². The molecule has 0 amide bonds. The van der Waals surface area contributed by atoms with Crippen LogP contribution in [0.15, 0.2) is 17.6 Å². The summed E-state index contributed by atoms with van der Waals surface area (Å²) in [5, 5.41) is 0.832. The molecule has 0 fully saturated rings. The van der Waals surface area contributed by atoms with Gasteiger partial charge in [0, 0.05) is 24.1 Å². The maximum atomic E-state index is 12.3. The van der Waals surface area contributed by atoms with Gasteiger partial charge in [0.1, 0.15) is 0 Å². The molecule has 0 spiro atoms. The molecular formula is C12H22BrN3O2S. The number of aromatic nitrogens is 2. The van der Waals surface area contributed by atoms with Gasteiger partial charge in [-0.05, 0) is 18.8 Å². The fourth-order valence-corrected chi connectivity index (χ4v) is 3.56. The second kappa shape index (κ2) is 6.37. The molecule has 110 valence electrons. The number of hydrogen-bond acceptors (Lipinski definition) is 3. The molecule has 0 aromatic carbocycles. The van der Waals surface area contributed by atoms with Crippen LogP contribution in [0.5, 0.6) is 0 Å². The standard InChI is InChI=1S/C12H22BrN3O2S/c1-5-16-8-11(14-9-16)19(17,18)15-10(6-7-13)12(2,3)4/h8-10,15H,5-7H2,1-4H3. The predicted molar refractivity (Wildman–Crippen MR) is 79.9 cm³/mol. The number of alkyl halides is 1. The van der Waals surface area contributed by atoms with Gasteiger partial charge in [-0.1, -0.05) is 36.7 Å². The third-order valence-corrected chi connectivity index (χ3v) is 4.80. The molecule has 0 saturated carbocycles. The summed E-state index contributed by atoms with van der Waals surface area (Å²) in [6, 6.07) is -0.136. The zero-order chi connectivity index (χ0) is 14.7. The van der Waals surface area contributed by atoms with Crippen molar-refractivity contribution in [2.45, 2.75) is 51.7 Å². The Morgan fingerprint density at radius 2 is 2.11 bits per heavy atom. The van der Waals surface area contributed by atoms with E-state index in [1.54, 1.807) is 10.8 Å². The Morgan fingerprint density at radius 3 is 2.53 bits per heavy atom. The van der Waals surface area contributed by atoms with Gasteiger partial charge < -0.3 is 4.57 Å². The first-order chi connectivity index (χ1) is 8.70. The number of hydrogen-bond donors (Lipinski definition) is 1. The van der Waals surface area contributed by atoms with Crippen molar-refractivity contribution in [3.8, 4) is 0 Å². The lowest BCUT2D eigenvalue weighted by Crippen LogP contribution is -2.44. The minimum Gasteiger partial charge on any atom is -0.336 e. The highest BCUT2D eigenvalue weighted by Gasteiger charge is 2.30. The van der Waals surface area contributed by atoms with Gasteiger partial charge in [-0.3, -0.25) is 0 Å². The fourth-order valence-electron chi connectivity index (χ4n) is 1.68. The number of nitrogens with one attached hydrogen (secondary N) is 1. The van der Waals surface area contributed by atoms with Crippen molar-refractivity contribution in [2.75, 3.05) is 5.33 Å². The average molecular weight is 352 g/mol. The van der Waals surface area contributed by atoms with Gasteiger partial charge in [0.05, 0.1) is 6.33 Å². The van der Waals surface area contributed by atoms with Crippen molar-refractivity contribution in [3.05, 3.63) is 12.5 Å². The second-order valence-electron chi connectivity index (χ2n) is 5.56. The maximum absolute atomic E-state index is 12.3. The van der Waals surface area contributed by atoms with E-state index in [2.05, 4.69) is 25.6 Å². The number of halogens is 1. The molecule has 1 aromatic heterocycles. The largest absolute Gasteiger partial charge is 0.336 e. The third-order valence-electron chi connectivity index (χ3n) is 2.99. The highest BCUT2D eigenvalue weighted by molar-refractivity contribution is 9.09. The zero-order valence-corrected chi connectivity index (χ0v) is 14.3. The molecule has 1 unspecified atom stereocenters. The Kier molecular flexibility index (Phi) is 5.58. The SMILES string of the molecule is CCn1cnc(S(=O)(=O)NC(CCBr)C(C)(C)C)c1. The molecule has 0 aliphatic carbocycles. The third kappa shape index (κ3) is 4.57. The van der Waals surface area contributed by atoms with Crippen molar-refractivity contribution in [1.82, 2.24) is 14.3 Å². The van der Waals surface area contributed by atoms with Gasteiger partial charge in [0.15, 0.2) is 5.03 Å². The molecule has 0 aliphatic rings. The average Bonchev–Trinajstić information content (AvgIpc) is 2.76. The highest BCUT2D eigenvalue weighted by Crippen LogP contribution is 2.24. The summed E-state index contributed by atoms with van der Waals surface area (Å²) < 4.78 is 29.1. The zero-order valence-electron chi connectivity index (χ0n) is 11.9. The van der Waals surface area contributed by atoms with E-state index >= 15 is 0 Å². The lowest BCUT2D eigenvalue weighted by Gasteiger charge is -2.30. The monoisotopic (exact) mass is 351 g/mol. The van der Waals surface area contributed by atoms with Gasteiger partial charge in [0.25, 0.3) is 10.0 Å². The fraction of sp³-hybridized carbons (Fsp3) is 0.750. The first kappa shape index (κ1) is 16.7. The number of rotatable bonds is 6. The van der Waals surface area contributed by atoms with E-state index in [0.717, 1.165) is 11.8 Å². The van der Waals surface area contributed by atoms with Crippen molar-refractivity contribution in [3.63, 3.8) is 0 Å². The lowest BCUT2D eigenvalue weighted by molar-refractivity contribution is 0.293. The van der Waals surface area contributed by atoms with Crippen LogP contribution in [-0.4, -0.2) is 29.3 Å². The molecule has 1 aromatic rings. The van der Waals surface area contributed by atoms with Gasteiger partial charge in [-0.2, -0.15) is 0 Å². The van der Waals surface area contributed by atoms with Gasteiger partial charge >= 0.3 is 0 Å². The van der Waals surface area contributed by atoms with Crippen LogP contribution in [0.2, 0.25) is 0 Å². The summed E-state index contributed by atoms with van der Waals surface area (Å²) >= 11 is 3.37. The van der Waals surface area contributed by atoms with E-state index in [9.17, 15) is 8.42 Å². The first-order valence-electron chi connectivity index (χ1n) is 6.30. The number of sulfonamides is 1. The molecule has 0 radical (unpaired) electrons. The maximum Gasteiger partial charge on any atom is 0.259 e. The minimum atomic E-state index is -3.56. The van der Waals surface area contributed by atoms with Crippen molar-refractivity contribution in [1.29, 1.82) is 0 Å². The van der Waals surface area contributed by atoms with Gasteiger partial charge in [0.2, 0.25) is 0 Å². The van der Waals surface area contributed by atoms with Crippen LogP contribution in [0.4, 0.5) is 0 Å². The summed E-state index contributed by atoms with van der Waals surface area (Å²) in [6.07, 6.45) is 3.82. The van der Waals surface area contributed by atoms with Gasteiger partial charge in [-0.25, -0.2) is 18.1 Å². The molecule has 7 heteroatoms. The molecule has 0 bridgehead atoms. The van der Waals surface area contributed by atoms with Crippen LogP contribution >= 0.6 is 15.9 Å². The smallest absolute Gasteiger partial charge is 0.259 e. The topological polar surface area (TPSA) is 64.0 Å². The van der Waals surface area contributed by atoms with Gasteiger partial charge in [-0.15, -0.1) is 0 Å². The van der Waals surface area contributed by atoms with Crippen molar-refractivity contribution in [2.24, 2.45) is 5.41 Å². The molecule has 1 atom stereocenters. The van der Waals surface area contributed by atoms with E-state index in [4.69, 9.17) is 0 Å². The molecule has 0 aliphatic heterocycles. The molecule has 1 N–H and O–H groups in total. The summed E-state index contributed by atoms with van der Waals surface area (Å²) in [6.45, 7) is 8.70. The van der Waals surface area contributed by atoms with Crippen LogP contribution in [0, 0.1) is 5.41 Å². The molecule has 0 saturated heterocycles. The van der Waals surface area contributed by atoms with E-state index in [1.807, 2.05) is 27.7 Å².